The van der Waals surface area contributed by atoms with Crippen molar-refractivity contribution < 1.29 is 23.8 Å². The highest BCUT2D eigenvalue weighted by Gasteiger charge is 2.13. The largest absolute Gasteiger partial charge is 0.476 e. The van der Waals surface area contributed by atoms with Crippen LogP contribution < -0.4 is 5.32 Å². The number of ether oxygens (including phenoxy) is 1. The summed E-state index contributed by atoms with van der Waals surface area (Å²) in [6.07, 6.45) is 1.98. The van der Waals surface area contributed by atoms with Gasteiger partial charge in [-0.3, -0.25) is 5.32 Å². The second-order valence-electron chi connectivity index (χ2n) is 4.12. The summed E-state index contributed by atoms with van der Waals surface area (Å²) in [6, 6.07) is 4.88. The molecule has 0 unspecified atom stereocenters. The van der Waals surface area contributed by atoms with Crippen LogP contribution in [0.25, 0.3) is 5.69 Å². The Balaban J connectivity index is 2.32. The highest BCUT2D eigenvalue weighted by molar-refractivity contribution is 5.88. The molecular weight excluding hydrogens is 293 g/mol. The lowest BCUT2D eigenvalue weighted by Crippen LogP contribution is -2.15. The number of anilines is 1. The Bertz CT molecular complexity index is 727. The Kier molecular flexibility index (Phi) is 4.52. The first-order valence-electron chi connectivity index (χ1n) is 6.15. The second-order valence-corrected chi connectivity index (χ2v) is 4.12. The third kappa shape index (κ3) is 3.48. The van der Waals surface area contributed by atoms with Crippen molar-refractivity contribution in [1.29, 1.82) is 0 Å². The molecule has 0 radical (unpaired) electrons. The van der Waals surface area contributed by atoms with Gasteiger partial charge in [-0.1, -0.05) is 12.7 Å². The van der Waals surface area contributed by atoms with Crippen LogP contribution in [0.2, 0.25) is 0 Å². The average Bonchev–Trinajstić information content (AvgIpc) is 2.95. The molecule has 1 aromatic heterocycles. The van der Waals surface area contributed by atoms with Crippen LogP contribution >= 0.6 is 0 Å². The molecule has 0 aliphatic heterocycles. The van der Waals surface area contributed by atoms with E-state index < -0.39 is 17.9 Å². The van der Waals surface area contributed by atoms with Crippen molar-refractivity contribution in [1.82, 2.24) is 9.78 Å². The topological polar surface area (TPSA) is 93.5 Å². The quantitative estimate of drug-likeness (QED) is 0.828. The number of nitrogens with one attached hydrogen (secondary N) is 1. The van der Waals surface area contributed by atoms with Gasteiger partial charge in [0.2, 0.25) is 0 Å². The molecule has 1 amide bonds. The van der Waals surface area contributed by atoms with E-state index in [1.165, 1.54) is 29.1 Å². The summed E-state index contributed by atoms with van der Waals surface area (Å²) < 4.78 is 19.3. The monoisotopic (exact) mass is 305 g/mol. The zero-order chi connectivity index (χ0) is 16.1. The van der Waals surface area contributed by atoms with Crippen molar-refractivity contribution in [3.05, 3.63) is 54.6 Å². The summed E-state index contributed by atoms with van der Waals surface area (Å²) >= 11 is 0. The van der Waals surface area contributed by atoms with Gasteiger partial charge in [-0.05, 0) is 24.3 Å². The number of carbonyl (C=O) groups is 2. The van der Waals surface area contributed by atoms with E-state index in [0.717, 1.165) is 12.1 Å². The van der Waals surface area contributed by atoms with E-state index in [1.54, 1.807) is 0 Å². The van der Waals surface area contributed by atoms with E-state index in [4.69, 9.17) is 9.84 Å². The summed E-state index contributed by atoms with van der Waals surface area (Å²) in [5, 5.41) is 15.1. The van der Waals surface area contributed by atoms with Gasteiger partial charge in [0, 0.05) is 6.20 Å². The Morgan fingerprint density at radius 2 is 2.23 bits per heavy atom. The van der Waals surface area contributed by atoms with Crippen LogP contribution in [0.1, 0.15) is 10.5 Å². The number of nitrogens with zero attached hydrogens (tertiary/aromatic N) is 2. The van der Waals surface area contributed by atoms with E-state index in [-0.39, 0.29) is 18.0 Å². The van der Waals surface area contributed by atoms with Crippen LogP contribution in [-0.2, 0) is 4.74 Å². The van der Waals surface area contributed by atoms with Gasteiger partial charge in [0.05, 0.1) is 11.4 Å². The number of aromatic carboxylic acids is 1. The number of hydrogen-bond donors (Lipinski definition) is 2. The maximum Gasteiger partial charge on any atom is 0.412 e. The Morgan fingerprint density at radius 3 is 2.86 bits per heavy atom. The standard InChI is InChI=1S/C14H12FN3O4/c1-2-7-22-14(21)16-11-8-9(15)3-4-12(11)18-6-5-10(17-18)13(19)20/h2-6,8H,1,7H2,(H,16,21)(H,19,20). The molecule has 0 aliphatic rings. The summed E-state index contributed by atoms with van der Waals surface area (Å²) in [4.78, 5) is 22.4. The van der Waals surface area contributed by atoms with Crippen molar-refractivity contribution in [3.8, 4) is 5.69 Å². The van der Waals surface area contributed by atoms with Crippen LogP contribution in [-0.4, -0.2) is 33.6 Å². The maximum absolute atomic E-state index is 13.4. The van der Waals surface area contributed by atoms with Crippen LogP contribution in [0.3, 0.4) is 0 Å². The molecule has 22 heavy (non-hydrogen) atoms. The number of amides is 1. The Labute approximate surface area is 124 Å². The molecule has 0 fully saturated rings. The molecule has 8 heteroatoms. The number of halogens is 1. The molecule has 114 valence electrons. The molecule has 0 saturated carbocycles. The van der Waals surface area contributed by atoms with Crippen molar-refractivity contribution in [2.75, 3.05) is 11.9 Å². The maximum atomic E-state index is 13.4. The highest BCUT2D eigenvalue weighted by atomic mass is 19.1. The lowest BCUT2D eigenvalue weighted by Gasteiger charge is -2.11. The Morgan fingerprint density at radius 1 is 1.45 bits per heavy atom. The van der Waals surface area contributed by atoms with Crippen molar-refractivity contribution >= 4 is 17.7 Å². The molecule has 1 aromatic carbocycles. The van der Waals surface area contributed by atoms with Gasteiger partial charge in [-0.2, -0.15) is 5.10 Å². The van der Waals surface area contributed by atoms with E-state index >= 15 is 0 Å². The van der Waals surface area contributed by atoms with Gasteiger partial charge < -0.3 is 9.84 Å². The zero-order valence-electron chi connectivity index (χ0n) is 11.3. The third-order valence-corrected chi connectivity index (χ3v) is 2.58. The molecule has 7 nitrogen and oxygen atoms in total. The van der Waals surface area contributed by atoms with Gasteiger partial charge in [-0.25, -0.2) is 18.7 Å². The summed E-state index contributed by atoms with van der Waals surface area (Å²) in [6.45, 7) is 3.40. The number of carbonyl (C=O) groups excluding carboxylic acids is 1. The first kappa shape index (κ1) is 15.2. The lowest BCUT2D eigenvalue weighted by molar-refractivity contribution is 0.0690. The fourth-order valence-electron chi connectivity index (χ4n) is 1.66. The minimum Gasteiger partial charge on any atom is -0.476 e. The van der Waals surface area contributed by atoms with E-state index in [1.807, 2.05) is 0 Å². The van der Waals surface area contributed by atoms with Crippen LogP contribution in [0.15, 0.2) is 43.1 Å². The van der Waals surface area contributed by atoms with Crippen molar-refractivity contribution in [2.24, 2.45) is 0 Å². The predicted octanol–water partition coefficient (Wildman–Crippen LogP) is 2.44. The van der Waals surface area contributed by atoms with Crippen LogP contribution in [0.4, 0.5) is 14.9 Å². The number of rotatable bonds is 5. The predicted molar refractivity (Wildman–Crippen MR) is 75.6 cm³/mol. The first-order valence-corrected chi connectivity index (χ1v) is 6.15. The number of aromatic nitrogens is 2. The molecule has 0 saturated heterocycles. The normalized spacial score (nSPS) is 10.0. The minimum atomic E-state index is -1.19. The molecule has 0 spiro atoms. The van der Waals surface area contributed by atoms with Gasteiger partial charge in [0.15, 0.2) is 5.69 Å². The second kappa shape index (κ2) is 6.53. The first-order chi connectivity index (χ1) is 10.5. The molecular formula is C14H12FN3O4. The van der Waals surface area contributed by atoms with Crippen LogP contribution in [0.5, 0.6) is 0 Å². The SMILES string of the molecule is C=CCOC(=O)Nc1cc(F)ccc1-n1ccc(C(=O)O)n1. The molecule has 2 N–H and O–H groups in total. The van der Waals surface area contributed by atoms with Crippen LogP contribution in [0, 0.1) is 5.82 Å². The summed E-state index contributed by atoms with van der Waals surface area (Å²) in [5.74, 6) is -1.77. The number of benzene rings is 1. The molecule has 2 aromatic rings. The molecule has 0 atom stereocenters. The Hall–Kier alpha value is -3.16. The smallest absolute Gasteiger partial charge is 0.412 e. The van der Waals surface area contributed by atoms with Crippen molar-refractivity contribution in [2.45, 2.75) is 0 Å². The van der Waals surface area contributed by atoms with Gasteiger partial charge in [0.25, 0.3) is 0 Å². The molecule has 2 rings (SSSR count). The third-order valence-electron chi connectivity index (χ3n) is 2.58. The fraction of sp³-hybridized carbons (Fsp3) is 0.0714. The lowest BCUT2D eigenvalue weighted by atomic mass is 10.2. The van der Waals surface area contributed by atoms with E-state index in [2.05, 4.69) is 17.0 Å². The zero-order valence-corrected chi connectivity index (χ0v) is 11.3. The number of hydrogen-bond acceptors (Lipinski definition) is 4. The van der Waals surface area contributed by atoms with Gasteiger partial charge >= 0.3 is 12.1 Å². The van der Waals surface area contributed by atoms with E-state index in [9.17, 15) is 14.0 Å². The summed E-state index contributed by atoms with van der Waals surface area (Å²) in [5.41, 5.74) is 0.211. The fourth-order valence-corrected chi connectivity index (χ4v) is 1.66. The molecule has 0 bridgehead atoms. The van der Waals surface area contributed by atoms with Crippen molar-refractivity contribution in [3.63, 3.8) is 0 Å². The van der Waals surface area contributed by atoms with E-state index in [0.29, 0.717) is 5.69 Å². The summed E-state index contributed by atoms with van der Waals surface area (Å²) in [7, 11) is 0. The number of carboxylic acids is 1. The van der Waals surface area contributed by atoms with Gasteiger partial charge in [0.1, 0.15) is 12.4 Å². The molecule has 1 heterocycles. The van der Waals surface area contributed by atoms with Gasteiger partial charge in [-0.15, -0.1) is 0 Å². The average molecular weight is 305 g/mol. The molecule has 0 aliphatic carbocycles. The number of carboxylic acid groups (broad SMARTS) is 1. The minimum absolute atomic E-state index is 0.00140. The highest BCUT2D eigenvalue weighted by Crippen LogP contribution is 2.21.